The van der Waals surface area contributed by atoms with Crippen LogP contribution >= 0.6 is 11.3 Å². The van der Waals surface area contributed by atoms with Gasteiger partial charge < -0.3 is 10.5 Å². The van der Waals surface area contributed by atoms with E-state index in [0.717, 1.165) is 29.0 Å². The Balaban J connectivity index is 2.00. The van der Waals surface area contributed by atoms with E-state index >= 15 is 0 Å². The van der Waals surface area contributed by atoms with Crippen LogP contribution < -0.4 is 10.5 Å². The van der Waals surface area contributed by atoms with Crippen molar-refractivity contribution in [2.24, 2.45) is 5.73 Å². The van der Waals surface area contributed by atoms with E-state index in [2.05, 4.69) is 4.98 Å². The molecule has 1 aromatic heterocycles. The van der Waals surface area contributed by atoms with E-state index in [0.29, 0.717) is 13.2 Å². The third-order valence-electron chi connectivity index (χ3n) is 2.93. The maximum absolute atomic E-state index is 5.89. The first-order valence-electron chi connectivity index (χ1n) is 6.02. The molecule has 0 atom stereocenters. The largest absolute Gasteiger partial charge is 0.493 e. The van der Waals surface area contributed by atoms with E-state index in [1.165, 1.54) is 4.88 Å². The summed E-state index contributed by atoms with van der Waals surface area (Å²) in [5.41, 5.74) is 10.9. The van der Waals surface area contributed by atoms with Crippen LogP contribution in [-0.4, -0.2) is 11.6 Å². The zero-order chi connectivity index (χ0) is 13.0. The molecule has 1 aromatic carbocycles. The fourth-order valence-electron chi connectivity index (χ4n) is 1.89. The Bertz CT molecular complexity index is 522. The van der Waals surface area contributed by atoms with Gasteiger partial charge in [-0.1, -0.05) is 18.2 Å². The smallest absolute Gasteiger partial charge is 0.126 e. The van der Waals surface area contributed by atoms with Crippen LogP contribution in [0.25, 0.3) is 0 Å². The van der Waals surface area contributed by atoms with Crippen molar-refractivity contribution in [2.45, 2.75) is 26.8 Å². The Kier molecular flexibility index (Phi) is 4.33. The second-order valence-electron chi connectivity index (χ2n) is 4.23. The monoisotopic (exact) mass is 262 g/mol. The molecular weight excluding hydrogens is 244 g/mol. The molecule has 0 aliphatic heterocycles. The minimum absolute atomic E-state index is 0.511. The van der Waals surface area contributed by atoms with E-state index in [9.17, 15) is 0 Å². The Morgan fingerprint density at radius 3 is 2.83 bits per heavy atom. The van der Waals surface area contributed by atoms with Gasteiger partial charge in [0.15, 0.2) is 0 Å². The third-order valence-corrected chi connectivity index (χ3v) is 3.93. The Morgan fingerprint density at radius 1 is 1.33 bits per heavy atom. The summed E-state index contributed by atoms with van der Waals surface area (Å²) in [6.07, 6.45) is 0.898. The molecule has 2 N–H and O–H groups in total. The number of thiazole rings is 1. The normalized spacial score (nSPS) is 10.6. The lowest BCUT2D eigenvalue weighted by Gasteiger charge is -2.12. The quantitative estimate of drug-likeness (QED) is 0.901. The molecule has 96 valence electrons. The number of rotatable bonds is 5. The van der Waals surface area contributed by atoms with E-state index in [4.69, 9.17) is 10.5 Å². The van der Waals surface area contributed by atoms with Crippen LogP contribution in [0.3, 0.4) is 0 Å². The number of para-hydroxylation sites is 1. The second kappa shape index (κ2) is 5.98. The Hall–Kier alpha value is -1.39. The van der Waals surface area contributed by atoms with Gasteiger partial charge in [0.25, 0.3) is 0 Å². The van der Waals surface area contributed by atoms with Crippen molar-refractivity contribution in [1.82, 2.24) is 4.98 Å². The number of aromatic nitrogens is 1. The summed E-state index contributed by atoms with van der Waals surface area (Å²) < 4.78 is 5.89. The zero-order valence-corrected chi connectivity index (χ0v) is 11.6. The van der Waals surface area contributed by atoms with Crippen molar-refractivity contribution in [3.8, 4) is 5.75 Å². The van der Waals surface area contributed by atoms with Gasteiger partial charge in [-0.05, 0) is 19.4 Å². The van der Waals surface area contributed by atoms with Gasteiger partial charge in [0.1, 0.15) is 5.75 Å². The number of hydrogen-bond acceptors (Lipinski definition) is 4. The van der Waals surface area contributed by atoms with Crippen LogP contribution in [0.2, 0.25) is 0 Å². The summed E-state index contributed by atoms with van der Waals surface area (Å²) in [4.78, 5) is 5.53. The molecule has 0 unspecified atom stereocenters. The average molecular weight is 262 g/mol. The fraction of sp³-hybridized carbons (Fsp3) is 0.357. The molecule has 0 spiro atoms. The van der Waals surface area contributed by atoms with Crippen LogP contribution in [0.1, 0.15) is 21.7 Å². The fourth-order valence-corrected chi connectivity index (χ4v) is 2.65. The van der Waals surface area contributed by atoms with Crippen molar-refractivity contribution in [1.29, 1.82) is 0 Å². The minimum Gasteiger partial charge on any atom is -0.493 e. The molecule has 2 aromatic rings. The second-order valence-corrected chi connectivity index (χ2v) is 5.17. The highest BCUT2D eigenvalue weighted by Gasteiger charge is 2.07. The summed E-state index contributed by atoms with van der Waals surface area (Å²) in [7, 11) is 0. The van der Waals surface area contributed by atoms with Crippen LogP contribution in [0.15, 0.2) is 23.7 Å². The first-order chi connectivity index (χ1) is 8.72. The molecule has 3 nitrogen and oxygen atoms in total. The highest BCUT2D eigenvalue weighted by molar-refractivity contribution is 7.09. The number of nitrogens with zero attached hydrogens (tertiary/aromatic N) is 1. The molecule has 18 heavy (non-hydrogen) atoms. The number of aryl methyl sites for hydroxylation is 2. The lowest BCUT2D eigenvalue weighted by Crippen LogP contribution is -2.07. The van der Waals surface area contributed by atoms with E-state index in [-0.39, 0.29) is 0 Å². The Labute approximate surface area is 112 Å². The summed E-state index contributed by atoms with van der Waals surface area (Å²) in [6.45, 7) is 5.26. The van der Waals surface area contributed by atoms with Gasteiger partial charge in [0.2, 0.25) is 0 Å². The van der Waals surface area contributed by atoms with Gasteiger partial charge in [0.05, 0.1) is 17.8 Å². The van der Waals surface area contributed by atoms with Gasteiger partial charge in [-0.3, -0.25) is 0 Å². The van der Waals surface area contributed by atoms with Crippen LogP contribution in [0, 0.1) is 13.8 Å². The topological polar surface area (TPSA) is 48.1 Å². The van der Waals surface area contributed by atoms with Crippen LogP contribution in [0.4, 0.5) is 0 Å². The summed E-state index contributed by atoms with van der Waals surface area (Å²) in [5, 5.41) is 0. The number of nitrogens with two attached hydrogens (primary N) is 1. The molecule has 0 aliphatic rings. The third kappa shape index (κ3) is 2.89. The Morgan fingerprint density at radius 2 is 2.17 bits per heavy atom. The van der Waals surface area contributed by atoms with Gasteiger partial charge in [0, 0.05) is 23.4 Å². The molecule has 0 bridgehead atoms. The molecule has 0 aliphatic carbocycles. The average Bonchev–Trinajstić information content (AvgIpc) is 2.77. The van der Waals surface area contributed by atoms with E-state index in [1.807, 2.05) is 37.6 Å². The van der Waals surface area contributed by atoms with Gasteiger partial charge >= 0.3 is 0 Å². The van der Waals surface area contributed by atoms with Gasteiger partial charge in [-0.15, -0.1) is 11.3 Å². The summed E-state index contributed by atoms with van der Waals surface area (Å²) >= 11 is 1.68. The van der Waals surface area contributed by atoms with Crippen molar-refractivity contribution >= 4 is 11.3 Å². The molecule has 4 heteroatoms. The number of hydrogen-bond donors (Lipinski definition) is 1. The SMILES string of the molecule is Cc1cccc(CN)c1OCCc1scnc1C. The first kappa shape index (κ1) is 13.1. The molecule has 0 fully saturated rings. The maximum atomic E-state index is 5.89. The van der Waals surface area contributed by atoms with Gasteiger partial charge in [-0.25, -0.2) is 4.98 Å². The van der Waals surface area contributed by atoms with Crippen molar-refractivity contribution in [3.05, 3.63) is 45.4 Å². The summed E-state index contributed by atoms with van der Waals surface area (Å²) in [5.74, 6) is 0.933. The highest BCUT2D eigenvalue weighted by atomic mass is 32.1. The number of benzene rings is 1. The van der Waals surface area contributed by atoms with Crippen LogP contribution in [0.5, 0.6) is 5.75 Å². The predicted octanol–water partition coefficient (Wildman–Crippen LogP) is 2.84. The maximum Gasteiger partial charge on any atom is 0.126 e. The molecule has 2 rings (SSSR count). The summed E-state index contributed by atoms with van der Waals surface area (Å²) in [6, 6.07) is 6.07. The van der Waals surface area contributed by atoms with Gasteiger partial charge in [-0.2, -0.15) is 0 Å². The lowest BCUT2D eigenvalue weighted by atomic mass is 10.1. The zero-order valence-electron chi connectivity index (χ0n) is 10.8. The molecule has 0 radical (unpaired) electrons. The van der Waals surface area contributed by atoms with E-state index < -0.39 is 0 Å². The lowest BCUT2D eigenvalue weighted by molar-refractivity contribution is 0.317. The number of ether oxygens (including phenoxy) is 1. The van der Waals surface area contributed by atoms with Crippen LogP contribution in [-0.2, 0) is 13.0 Å². The predicted molar refractivity (Wildman–Crippen MR) is 75.1 cm³/mol. The molecule has 0 saturated heterocycles. The standard InChI is InChI=1S/C14H18N2OS/c1-10-4-3-5-12(8-15)14(10)17-7-6-13-11(2)16-9-18-13/h3-5,9H,6-8,15H2,1-2H3. The highest BCUT2D eigenvalue weighted by Crippen LogP contribution is 2.23. The van der Waals surface area contributed by atoms with Crippen molar-refractivity contribution in [2.75, 3.05) is 6.61 Å². The van der Waals surface area contributed by atoms with Crippen molar-refractivity contribution < 1.29 is 4.74 Å². The van der Waals surface area contributed by atoms with Crippen molar-refractivity contribution in [3.63, 3.8) is 0 Å². The molecule has 0 amide bonds. The van der Waals surface area contributed by atoms with E-state index in [1.54, 1.807) is 11.3 Å². The molecule has 0 saturated carbocycles. The molecular formula is C14H18N2OS. The minimum atomic E-state index is 0.511. The first-order valence-corrected chi connectivity index (χ1v) is 6.90. The molecule has 1 heterocycles.